The molecule has 0 aliphatic heterocycles. The lowest BCUT2D eigenvalue weighted by atomic mass is 10.3. The van der Waals surface area contributed by atoms with Crippen LogP contribution in [0.15, 0.2) is 31.0 Å². The molecule has 0 saturated heterocycles. The van der Waals surface area contributed by atoms with Gasteiger partial charge in [-0.25, -0.2) is 4.57 Å². The Balaban J connectivity index is 3.15. The molecular formula is C8H10N+. The first-order valence-corrected chi connectivity index (χ1v) is 2.91. The van der Waals surface area contributed by atoms with Gasteiger partial charge in [0.15, 0.2) is 6.20 Å². The van der Waals surface area contributed by atoms with E-state index in [2.05, 4.69) is 6.58 Å². The van der Waals surface area contributed by atoms with Gasteiger partial charge in [-0.3, -0.25) is 0 Å². The molecule has 0 aromatic carbocycles. The van der Waals surface area contributed by atoms with Crippen molar-refractivity contribution in [2.75, 3.05) is 0 Å². The molecule has 46 valence electrons. The van der Waals surface area contributed by atoms with Crippen LogP contribution >= 0.6 is 0 Å². The molecule has 9 heavy (non-hydrogen) atoms. The molecule has 0 aliphatic carbocycles. The maximum absolute atomic E-state index is 3.67. The largest absolute Gasteiger partial charge is 0.204 e. The van der Waals surface area contributed by atoms with E-state index in [1.807, 2.05) is 42.1 Å². The van der Waals surface area contributed by atoms with Crippen LogP contribution < -0.4 is 4.57 Å². The summed E-state index contributed by atoms with van der Waals surface area (Å²) in [5.41, 5.74) is 1.14. The van der Waals surface area contributed by atoms with E-state index >= 15 is 0 Å². The zero-order chi connectivity index (χ0) is 6.69. The summed E-state index contributed by atoms with van der Waals surface area (Å²) in [6.07, 6.45) is 3.83. The van der Waals surface area contributed by atoms with Crippen LogP contribution in [-0.4, -0.2) is 0 Å². The van der Waals surface area contributed by atoms with E-state index in [1.165, 1.54) is 0 Å². The molecule has 0 amide bonds. The predicted octanol–water partition coefficient (Wildman–Crippen LogP) is 1.15. The van der Waals surface area contributed by atoms with Crippen molar-refractivity contribution in [1.82, 2.24) is 0 Å². The van der Waals surface area contributed by atoms with E-state index < -0.39 is 0 Å². The summed E-state index contributed by atoms with van der Waals surface area (Å²) >= 11 is 0. The third-order valence-corrected chi connectivity index (χ3v) is 1.30. The second kappa shape index (κ2) is 2.44. The van der Waals surface area contributed by atoms with Gasteiger partial charge in [0.25, 0.3) is 0 Å². The standard InChI is InChI=1S/C8H10N/c1-3-8-6-4-5-7-9(8)2/h3-7H,1H2,2H3/q+1. The first kappa shape index (κ1) is 6.02. The third kappa shape index (κ3) is 1.17. The van der Waals surface area contributed by atoms with Gasteiger partial charge >= 0.3 is 0 Å². The predicted molar refractivity (Wildman–Crippen MR) is 37.7 cm³/mol. The summed E-state index contributed by atoms with van der Waals surface area (Å²) < 4.78 is 2.02. The van der Waals surface area contributed by atoms with E-state index in [4.69, 9.17) is 0 Å². The highest BCUT2D eigenvalue weighted by Gasteiger charge is 1.94. The fraction of sp³-hybridized carbons (Fsp3) is 0.125. The van der Waals surface area contributed by atoms with Gasteiger partial charge in [0, 0.05) is 18.2 Å². The van der Waals surface area contributed by atoms with Gasteiger partial charge in [-0.1, -0.05) is 6.58 Å². The third-order valence-electron chi connectivity index (χ3n) is 1.30. The second-order valence-corrected chi connectivity index (χ2v) is 1.94. The average molecular weight is 120 g/mol. The fourth-order valence-electron chi connectivity index (χ4n) is 0.749. The molecule has 0 N–H and O–H groups in total. The number of aromatic nitrogens is 1. The molecule has 0 unspecified atom stereocenters. The van der Waals surface area contributed by atoms with Crippen LogP contribution in [-0.2, 0) is 7.05 Å². The van der Waals surface area contributed by atoms with Crippen LogP contribution in [0, 0.1) is 0 Å². The maximum Gasteiger partial charge on any atom is 0.204 e. The highest BCUT2D eigenvalue weighted by atomic mass is 14.9. The molecule has 1 heteroatoms. The van der Waals surface area contributed by atoms with Gasteiger partial charge in [-0.05, 0) is 6.07 Å². The van der Waals surface area contributed by atoms with Crippen LogP contribution in [0.5, 0.6) is 0 Å². The SMILES string of the molecule is C=Cc1cccc[n+]1C. The summed E-state index contributed by atoms with van der Waals surface area (Å²) in [6.45, 7) is 3.67. The van der Waals surface area contributed by atoms with Crippen molar-refractivity contribution >= 4 is 6.08 Å². The van der Waals surface area contributed by atoms with Gasteiger partial charge < -0.3 is 0 Å². The van der Waals surface area contributed by atoms with Crippen LogP contribution in [0.2, 0.25) is 0 Å². The first-order chi connectivity index (χ1) is 4.34. The Hall–Kier alpha value is -1.11. The highest BCUT2D eigenvalue weighted by molar-refractivity contribution is 5.36. The normalized spacial score (nSPS) is 9.00. The van der Waals surface area contributed by atoms with Crippen LogP contribution in [0.4, 0.5) is 0 Å². The van der Waals surface area contributed by atoms with Gasteiger partial charge in [0.05, 0.1) is 0 Å². The van der Waals surface area contributed by atoms with Crippen molar-refractivity contribution in [3.05, 3.63) is 36.7 Å². The summed E-state index contributed by atoms with van der Waals surface area (Å²) in [4.78, 5) is 0. The Morgan fingerprint density at radius 2 is 2.33 bits per heavy atom. The van der Waals surface area contributed by atoms with Crippen molar-refractivity contribution in [2.45, 2.75) is 0 Å². The number of nitrogens with zero attached hydrogens (tertiary/aromatic N) is 1. The fourth-order valence-corrected chi connectivity index (χ4v) is 0.749. The number of hydrogen-bond acceptors (Lipinski definition) is 0. The summed E-state index contributed by atoms with van der Waals surface area (Å²) in [6, 6.07) is 6.01. The molecule has 1 nitrogen and oxygen atoms in total. The van der Waals surface area contributed by atoms with E-state index in [0.717, 1.165) is 5.69 Å². The molecule has 1 heterocycles. The molecule has 1 aromatic heterocycles. The molecule has 0 bridgehead atoms. The molecule has 1 rings (SSSR count). The lowest BCUT2D eigenvalue weighted by Gasteiger charge is -1.88. The van der Waals surface area contributed by atoms with E-state index in [1.54, 1.807) is 0 Å². The number of rotatable bonds is 1. The molecule has 0 atom stereocenters. The first-order valence-electron chi connectivity index (χ1n) is 2.91. The smallest absolute Gasteiger partial charge is 0.202 e. The van der Waals surface area contributed by atoms with Crippen LogP contribution in [0.3, 0.4) is 0 Å². The van der Waals surface area contributed by atoms with Crippen molar-refractivity contribution in [3.63, 3.8) is 0 Å². The minimum absolute atomic E-state index is 1.14. The zero-order valence-corrected chi connectivity index (χ0v) is 5.54. The van der Waals surface area contributed by atoms with Crippen molar-refractivity contribution < 1.29 is 4.57 Å². The topological polar surface area (TPSA) is 3.88 Å². The van der Waals surface area contributed by atoms with Crippen molar-refractivity contribution in [1.29, 1.82) is 0 Å². The Kier molecular flexibility index (Phi) is 1.63. The Labute approximate surface area is 55.3 Å². The summed E-state index contributed by atoms with van der Waals surface area (Å²) in [7, 11) is 2.00. The van der Waals surface area contributed by atoms with Gasteiger partial charge in [0.2, 0.25) is 5.69 Å². The quantitative estimate of drug-likeness (QED) is 0.489. The minimum atomic E-state index is 1.14. The molecule has 0 saturated carbocycles. The van der Waals surface area contributed by atoms with Gasteiger partial charge in [-0.2, -0.15) is 0 Å². The van der Waals surface area contributed by atoms with E-state index in [0.29, 0.717) is 0 Å². The van der Waals surface area contributed by atoms with Crippen LogP contribution in [0.25, 0.3) is 6.08 Å². The molecule has 0 aliphatic rings. The van der Waals surface area contributed by atoms with E-state index in [-0.39, 0.29) is 0 Å². The average Bonchev–Trinajstić information content (AvgIpc) is 1.89. The van der Waals surface area contributed by atoms with Crippen molar-refractivity contribution in [2.24, 2.45) is 7.05 Å². The van der Waals surface area contributed by atoms with Crippen molar-refractivity contribution in [3.8, 4) is 0 Å². The second-order valence-electron chi connectivity index (χ2n) is 1.94. The number of hydrogen-bond donors (Lipinski definition) is 0. The lowest BCUT2D eigenvalue weighted by Crippen LogP contribution is -2.30. The molecule has 0 fully saturated rings. The number of pyridine rings is 1. The van der Waals surface area contributed by atoms with E-state index in [9.17, 15) is 0 Å². The summed E-state index contributed by atoms with van der Waals surface area (Å²) in [5, 5.41) is 0. The monoisotopic (exact) mass is 120 g/mol. The van der Waals surface area contributed by atoms with Crippen LogP contribution in [0.1, 0.15) is 5.69 Å². The Morgan fingerprint density at radius 1 is 1.56 bits per heavy atom. The molecule has 0 spiro atoms. The Bertz CT molecular complexity index is 216. The minimum Gasteiger partial charge on any atom is -0.202 e. The number of aryl methyl sites for hydroxylation is 1. The zero-order valence-electron chi connectivity index (χ0n) is 5.54. The maximum atomic E-state index is 3.67. The summed E-state index contributed by atoms with van der Waals surface area (Å²) in [5.74, 6) is 0. The molecular weight excluding hydrogens is 110 g/mol. The van der Waals surface area contributed by atoms with Gasteiger partial charge in [0.1, 0.15) is 7.05 Å². The lowest BCUT2D eigenvalue weighted by molar-refractivity contribution is -0.673. The molecule has 1 aromatic rings. The molecule has 0 radical (unpaired) electrons. The van der Waals surface area contributed by atoms with Gasteiger partial charge in [-0.15, -0.1) is 0 Å². The highest BCUT2D eigenvalue weighted by Crippen LogP contribution is 1.89. The Morgan fingerprint density at radius 3 is 2.78 bits per heavy atom.